The zero-order valence-electron chi connectivity index (χ0n) is 15.4. The topological polar surface area (TPSA) is 105 Å². The van der Waals surface area contributed by atoms with Crippen molar-refractivity contribution in [1.82, 2.24) is 25.3 Å². The van der Waals surface area contributed by atoms with Crippen molar-refractivity contribution in [1.29, 1.82) is 0 Å². The first-order chi connectivity index (χ1) is 13.7. The Labute approximate surface area is 162 Å². The van der Waals surface area contributed by atoms with Crippen LogP contribution in [0, 0.1) is 5.92 Å². The van der Waals surface area contributed by atoms with Crippen molar-refractivity contribution in [2.24, 2.45) is 5.92 Å². The number of hydrogen-bond donors (Lipinski definition) is 3. The third-order valence-electron chi connectivity index (χ3n) is 5.48. The second kappa shape index (κ2) is 6.87. The van der Waals surface area contributed by atoms with Crippen LogP contribution in [-0.2, 0) is 4.79 Å². The molecule has 3 N–H and O–H groups in total. The van der Waals surface area contributed by atoms with Crippen molar-refractivity contribution in [3.05, 3.63) is 30.3 Å². The molecule has 0 unspecified atom stereocenters. The fourth-order valence-corrected chi connectivity index (χ4v) is 3.73. The molecule has 1 amide bonds. The van der Waals surface area contributed by atoms with Gasteiger partial charge in [-0.3, -0.25) is 9.48 Å². The molecular formula is C20H22N6O2. The molecule has 0 bridgehead atoms. The number of carbonyl (C=O) groups excluding carboxylic acids is 1. The van der Waals surface area contributed by atoms with Crippen LogP contribution in [0.3, 0.4) is 0 Å². The molecule has 1 aliphatic carbocycles. The fourth-order valence-electron chi connectivity index (χ4n) is 3.73. The molecule has 3 aromatic rings. The molecule has 8 nitrogen and oxygen atoms in total. The van der Waals surface area contributed by atoms with Gasteiger partial charge < -0.3 is 15.7 Å². The van der Waals surface area contributed by atoms with Crippen LogP contribution in [0.1, 0.15) is 31.7 Å². The lowest BCUT2D eigenvalue weighted by molar-refractivity contribution is -0.117. The zero-order valence-corrected chi connectivity index (χ0v) is 15.4. The molecule has 3 heterocycles. The van der Waals surface area contributed by atoms with Gasteiger partial charge in [-0.25, -0.2) is 0 Å². The Morgan fingerprint density at radius 1 is 1.14 bits per heavy atom. The number of piperidine rings is 1. The van der Waals surface area contributed by atoms with Gasteiger partial charge in [0.25, 0.3) is 0 Å². The molecule has 1 saturated carbocycles. The fraction of sp³-hybridized carbons (Fsp3) is 0.400. The summed E-state index contributed by atoms with van der Waals surface area (Å²) in [5.41, 5.74) is 2.62. The molecule has 2 fully saturated rings. The summed E-state index contributed by atoms with van der Waals surface area (Å²) in [6, 6.07) is 9.21. The summed E-state index contributed by atoms with van der Waals surface area (Å²) in [6.07, 6.45) is 3.78. The summed E-state index contributed by atoms with van der Waals surface area (Å²) in [5.74, 6) is 0.726. The minimum Gasteiger partial charge on any atom is -0.507 e. The van der Waals surface area contributed by atoms with E-state index in [1.54, 1.807) is 12.1 Å². The number of nitrogens with one attached hydrogen (secondary N) is 2. The van der Waals surface area contributed by atoms with Crippen LogP contribution in [0.25, 0.3) is 22.3 Å². The van der Waals surface area contributed by atoms with E-state index in [0.29, 0.717) is 22.6 Å². The van der Waals surface area contributed by atoms with Crippen LogP contribution < -0.4 is 10.6 Å². The summed E-state index contributed by atoms with van der Waals surface area (Å²) < 4.78 is 1.97. The van der Waals surface area contributed by atoms with E-state index in [0.717, 1.165) is 44.3 Å². The molecule has 1 aliphatic heterocycles. The molecular weight excluding hydrogens is 356 g/mol. The number of anilines is 1. The molecule has 2 aromatic heterocycles. The second-order valence-corrected chi connectivity index (χ2v) is 7.52. The van der Waals surface area contributed by atoms with Gasteiger partial charge in [0.15, 0.2) is 11.3 Å². The Bertz CT molecular complexity index is 1040. The normalized spacial score (nSPS) is 17.7. The van der Waals surface area contributed by atoms with Crippen LogP contribution >= 0.6 is 0 Å². The summed E-state index contributed by atoms with van der Waals surface area (Å²) in [6.45, 7) is 1.86. The molecule has 8 heteroatoms. The van der Waals surface area contributed by atoms with Crippen molar-refractivity contribution in [3.63, 3.8) is 0 Å². The van der Waals surface area contributed by atoms with Gasteiger partial charge in [-0.15, -0.1) is 10.2 Å². The lowest BCUT2D eigenvalue weighted by Crippen LogP contribution is -2.30. The van der Waals surface area contributed by atoms with Gasteiger partial charge in [0.1, 0.15) is 5.75 Å². The Hall–Kier alpha value is -3.00. The van der Waals surface area contributed by atoms with Crippen molar-refractivity contribution >= 4 is 22.8 Å². The Balaban J connectivity index is 1.61. The summed E-state index contributed by atoms with van der Waals surface area (Å²) in [4.78, 5) is 12.3. The van der Waals surface area contributed by atoms with Crippen molar-refractivity contribution in [3.8, 4) is 17.0 Å². The number of hydrogen-bond acceptors (Lipinski definition) is 6. The third-order valence-corrected chi connectivity index (χ3v) is 5.48. The average molecular weight is 378 g/mol. The first-order valence-electron chi connectivity index (χ1n) is 9.76. The van der Waals surface area contributed by atoms with Crippen LogP contribution in [0.2, 0.25) is 0 Å². The van der Waals surface area contributed by atoms with Gasteiger partial charge in [0.2, 0.25) is 5.91 Å². The zero-order chi connectivity index (χ0) is 19.1. The number of aromatic hydroxyl groups is 1. The van der Waals surface area contributed by atoms with Crippen LogP contribution in [-0.4, -0.2) is 44.1 Å². The van der Waals surface area contributed by atoms with Gasteiger partial charge in [-0.1, -0.05) is 12.1 Å². The van der Waals surface area contributed by atoms with Crippen molar-refractivity contribution < 1.29 is 9.90 Å². The third kappa shape index (κ3) is 3.09. The molecule has 0 spiro atoms. The number of aromatic nitrogens is 4. The lowest BCUT2D eigenvalue weighted by atomic mass is 10.1. The standard InChI is InChI=1S/C20H22N6O2/c27-17-4-2-1-3-14(17)15-11-16-18(24-23-15)19(22-20(28)12-5-6-12)25-26(16)13-7-9-21-10-8-13/h1-4,11-13,21,27H,5-10H2,(H,22,25,28). The van der Waals surface area contributed by atoms with E-state index < -0.39 is 0 Å². The highest BCUT2D eigenvalue weighted by molar-refractivity contribution is 6.00. The highest BCUT2D eigenvalue weighted by Crippen LogP contribution is 2.34. The number of phenolic OH excluding ortho intramolecular Hbond substituents is 1. The van der Waals surface area contributed by atoms with E-state index in [1.165, 1.54) is 0 Å². The second-order valence-electron chi connectivity index (χ2n) is 7.52. The molecule has 0 atom stereocenters. The Morgan fingerprint density at radius 2 is 1.93 bits per heavy atom. The van der Waals surface area contributed by atoms with E-state index >= 15 is 0 Å². The number of nitrogens with zero attached hydrogens (tertiary/aromatic N) is 4. The largest absolute Gasteiger partial charge is 0.507 e. The number of rotatable bonds is 4. The smallest absolute Gasteiger partial charge is 0.228 e. The van der Waals surface area contributed by atoms with Gasteiger partial charge in [0, 0.05) is 11.5 Å². The van der Waals surface area contributed by atoms with Gasteiger partial charge in [-0.2, -0.15) is 5.10 Å². The van der Waals surface area contributed by atoms with E-state index in [9.17, 15) is 9.90 Å². The number of para-hydroxylation sites is 1. The van der Waals surface area contributed by atoms with E-state index in [-0.39, 0.29) is 23.6 Å². The van der Waals surface area contributed by atoms with Crippen molar-refractivity contribution in [2.75, 3.05) is 18.4 Å². The summed E-state index contributed by atoms with van der Waals surface area (Å²) in [7, 11) is 0. The number of amides is 1. The van der Waals surface area contributed by atoms with Crippen LogP contribution in [0.15, 0.2) is 30.3 Å². The quantitative estimate of drug-likeness (QED) is 0.644. The first kappa shape index (κ1) is 17.1. The van der Waals surface area contributed by atoms with Crippen LogP contribution in [0.4, 0.5) is 5.82 Å². The molecule has 28 heavy (non-hydrogen) atoms. The average Bonchev–Trinajstić information content (AvgIpc) is 3.52. The maximum Gasteiger partial charge on any atom is 0.228 e. The summed E-state index contributed by atoms with van der Waals surface area (Å²) >= 11 is 0. The highest BCUT2D eigenvalue weighted by atomic mass is 16.3. The number of phenols is 1. The summed E-state index contributed by atoms with van der Waals surface area (Å²) in [5, 5.41) is 29.9. The molecule has 1 aromatic carbocycles. The maximum atomic E-state index is 12.3. The molecule has 5 rings (SSSR count). The predicted molar refractivity (Wildman–Crippen MR) is 105 cm³/mol. The molecule has 1 saturated heterocycles. The maximum absolute atomic E-state index is 12.3. The van der Waals surface area contributed by atoms with E-state index in [4.69, 9.17) is 5.10 Å². The lowest BCUT2D eigenvalue weighted by Gasteiger charge is -2.23. The Morgan fingerprint density at radius 3 is 2.68 bits per heavy atom. The molecule has 144 valence electrons. The monoisotopic (exact) mass is 378 g/mol. The first-order valence-corrected chi connectivity index (χ1v) is 9.76. The van der Waals surface area contributed by atoms with Gasteiger partial charge in [-0.05, 0) is 57.0 Å². The SMILES string of the molecule is O=C(Nc1nn(C2CCNCC2)c2cc(-c3ccccc3O)nnc12)C1CC1. The minimum atomic E-state index is 0.00319. The minimum absolute atomic E-state index is 0.00319. The Kier molecular flexibility index (Phi) is 4.20. The van der Waals surface area contributed by atoms with Gasteiger partial charge >= 0.3 is 0 Å². The van der Waals surface area contributed by atoms with Crippen molar-refractivity contribution in [2.45, 2.75) is 31.7 Å². The predicted octanol–water partition coefficient (Wildman–Crippen LogP) is 2.47. The molecule has 2 aliphatic rings. The molecule has 0 radical (unpaired) electrons. The number of carbonyl (C=O) groups is 1. The number of benzene rings is 1. The van der Waals surface area contributed by atoms with Crippen LogP contribution in [0.5, 0.6) is 5.75 Å². The van der Waals surface area contributed by atoms with E-state index in [1.807, 2.05) is 22.9 Å². The van der Waals surface area contributed by atoms with Gasteiger partial charge in [0.05, 0.1) is 17.3 Å². The number of fused-ring (bicyclic) bond motifs is 1. The van der Waals surface area contributed by atoms with E-state index in [2.05, 4.69) is 20.8 Å². The highest BCUT2D eigenvalue weighted by Gasteiger charge is 2.31.